The molecule has 1 aromatic carbocycles. The van der Waals surface area contributed by atoms with E-state index in [0.717, 1.165) is 11.3 Å². The lowest BCUT2D eigenvalue weighted by atomic mass is 9.63. The molecule has 28 heavy (non-hydrogen) atoms. The van der Waals surface area contributed by atoms with Crippen LogP contribution in [0.4, 0.5) is 5.69 Å². The second-order valence-corrected chi connectivity index (χ2v) is 8.03. The third-order valence-corrected chi connectivity index (χ3v) is 6.74. The van der Waals surface area contributed by atoms with Crippen molar-refractivity contribution in [3.63, 3.8) is 0 Å². The number of hydrogen-bond donors (Lipinski definition) is 1. The van der Waals surface area contributed by atoms with E-state index in [-0.39, 0.29) is 42.0 Å². The summed E-state index contributed by atoms with van der Waals surface area (Å²) in [7, 11) is 3.04. The molecule has 1 N–H and O–H groups in total. The fraction of sp³-hybridized carbons (Fsp3) is 0.476. The van der Waals surface area contributed by atoms with Gasteiger partial charge in [-0.25, -0.2) is 0 Å². The first kappa shape index (κ1) is 17.3. The standard InChI is InChI=1S/C21H22N2O5/c1-27-10-3-6-15(16(7-10)28-2)22-17(24)9-23-20(25)18-11-4-5-12(14-8-13(11)14)19(18)21(23)26/h3-7,11-14,18-19H,8-9H2,1-2H3,(H,22,24)/t11-,12-,13-,14+,18-,19+/m0/s1. The zero-order chi connectivity index (χ0) is 19.6. The number of anilines is 1. The maximum atomic E-state index is 12.9. The summed E-state index contributed by atoms with van der Waals surface area (Å²) < 4.78 is 10.4. The Morgan fingerprint density at radius 1 is 1.07 bits per heavy atom. The van der Waals surface area contributed by atoms with Gasteiger partial charge in [-0.15, -0.1) is 0 Å². The SMILES string of the molecule is COc1ccc(NC(=O)CN2C(=O)[C@@H]3[C@H]4C=C[C@@H]([C@@H]5C[C@H]45)[C@@H]3C2=O)c(OC)c1. The highest BCUT2D eigenvalue weighted by Gasteiger charge is 2.67. The van der Waals surface area contributed by atoms with Crippen molar-refractivity contribution >= 4 is 23.4 Å². The van der Waals surface area contributed by atoms with Crippen molar-refractivity contribution in [3.05, 3.63) is 30.4 Å². The van der Waals surface area contributed by atoms with Crippen molar-refractivity contribution in [2.75, 3.05) is 26.1 Å². The van der Waals surface area contributed by atoms with Crippen LogP contribution in [0.25, 0.3) is 0 Å². The van der Waals surface area contributed by atoms with Crippen LogP contribution in [0.5, 0.6) is 11.5 Å². The van der Waals surface area contributed by atoms with Gasteiger partial charge >= 0.3 is 0 Å². The largest absolute Gasteiger partial charge is 0.497 e. The minimum atomic E-state index is -0.422. The molecule has 2 saturated carbocycles. The maximum absolute atomic E-state index is 12.9. The summed E-state index contributed by atoms with van der Waals surface area (Å²) in [6.07, 6.45) is 5.36. The van der Waals surface area contributed by atoms with E-state index < -0.39 is 5.91 Å². The number of nitrogens with one attached hydrogen (secondary N) is 1. The summed E-state index contributed by atoms with van der Waals surface area (Å²) >= 11 is 0. The molecule has 0 aromatic heterocycles. The number of methoxy groups -OCH3 is 2. The van der Waals surface area contributed by atoms with Gasteiger partial charge in [0.2, 0.25) is 17.7 Å². The van der Waals surface area contributed by atoms with Gasteiger partial charge in [0.15, 0.2) is 0 Å². The summed E-state index contributed by atoms with van der Waals surface area (Å²) in [6.45, 7) is -0.269. The number of ether oxygens (including phenoxy) is 2. The summed E-state index contributed by atoms with van der Waals surface area (Å²) in [5.41, 5.74) is 0.466. The lowest BCUT2D eigenvalue weighted by Gasteiger charge is -2.37. The van der Waals surface area contributed by atoms with E-state index in [1.54, 1.807) is 25.3 Å². The highest BCUT2D eigenvalue weighted by Crippen LogP contribution is 2.65. The molecule has 1 aliphatic heterocycles. The number of nitrogens with zero attached hydrogens (tertiary/aromatic N) is 1. The predicted molar refractivity (Wildman–Crippen MR) is 99.6 cm³/mol. The first-order valence-corrected chi connectivity index (χ1v) is 9.59. The van der Waals surface area contributed by atoms with Gasteiger partial charge in [0, 0.05) is 6.07 Å². The van der Waals surface area contributed by atoms with Crippen LogP contribution in [0.3, 0.4) is 0 Å². The van der Waals surface area contributed by atoms with Crippen molar-refractivity contribution in [2.24, 2.45) is 35.5 Å². The molecule has 2 bridgehead atoms. The average molecular weight is 382 g/mol. The first-order valence-electron chi connectivity index (χ1n) is 9.59. The quantitative estimate of drug-likeness (QED) is 0.619. The van der Waals surface area contributed by atoms with Crippen LogP contribution < -0.4 is 14.8 Å². The third kappa shape index (κ3) is 2.38. The molecule has 3 fully saturated rings. The second-order valence-electron chi connectivity index (χ2n) is 8.03. The van der Waals surface area contributed by atoms with Crippen molar-refractivity contribution in [1.82, 2.24) is 4.90 Å². The van der Waals surface area contributed by atoms with E-state index in [2.05, 4.69) is 17.5 Å². The Bertz CT molecular complexity index is 874. The molecule has 4 aliphatic carbocycles. The summed E-state index contributed by atoms with van der Waals surface area (Å²) in [6, 6.07) is 5.03. The smallest absolute Gasteiger partial charge is 0.244 e. The van der Waals surface area contributed by atoms with E-state index in [4.69, 9.17) is 9.47 Å². The van der Waals surface area contributed by atoms with Gasteiger partial charge in [0.25, 0.3) is 0 Å². The Kier molecular flexibility index (Phi) is 3.76. The normalized spacial score (nSPS) is 34.1. The van der Waals surface area contributed by atoms with Crippen molar-refractivity contribution in [2.45, 2.75) is 6.42 Å². The number of carbonyl (C=O) groups is 3. The van der Waals surface area contributed by atoms with Crippen LogP contribution in [0.1, 0.15) is 6.42 Å². The molecule has 7 nitrogen and oxygen atoms in total. The lowest BCUT2D eigenvalue weighted by molar-refractivity contribution is -0.142. The minimum Gasteiger partial charge on any atom is -0.497 e. The molecule has 0 unspecified atom stereocenters. The average Bonchev–Trinajstić information content (AvgIpc) is 3.49. The van der Waals surface area contributed by atoms with E-state index in [9.17, 15) is 14.4 Å². The van der Waals surface area contributed by atoms with E-state index in [0.29, 0.717) is 29.0 Å². The lowest BCUT2D eigenvalue weighted by Crippen LogP contribution is -2.40. The number of amides is 3. The van der Waals surface area contributed by atoms with Gasteiger partial charge in [-0.3, -0.25) is 19.3 Å². The Labute approximate surface area is 162 Å². The topological polar surface area (TPSA) is 84.9 Å². The highest BCUT2D eigenvalue weighted by atomic mass is 16.5. The first-order chi connectivity index (χ1) is 13.5. The zero-order valence-electron chi connectivity index (χ0n) is 15.8. The Hall–Kier alpha value is -2.83. The summed E-state index contributed by atoms with van der Waals surface area (Å²) in [5, 5.41) is 2.74. The fourth-order valence-corrected chi connectivity index (χ4v) is 5.41. The van der Waals surface area contributed by atoms with E-state index in [1.165, 1.54) is 7.11 Å². The molecule has 146 valence electrons. The van der Waals surface area contributed by atoms with E-state index >= 15 is 0 Å². The van der Waals surface area contributed by atoms with E-state index in [1.807, 2.05) is 0 Å². The van der Waals surface area contributed by atoms with Crippen LogP contribution in [-0.4, -0.2) is 43.4 Å². The van der Waals surface area contributed by atoms with Gasteiger partial charge in [0.05, 0.1) is 31.7 Å². The molecule has 6 atom stereocenters. The summed E-state index contributed by atoms with van der Waals surface area (Å²) in [5.74, 6) is 1.08. The van der Waals surface area contributed by atoms with Crippen molar-refractivity contribution in [3.8, 4) is 11.5 Å². The van der Waals surface area contributed by atoms with Gasteiger partial charge in [-0.2, -0.15) is 0 Å². The number of hydrogen-bond acceptors (Lipinski definition) is 5. The third-order valence-electron chi connectivity index (χ3n) is 6.74. The number of benzene rings is 1. The Morgan fingerprint density at radius 2 is 1.71 bits per heavy atom. The Balaban J connectivity index is 1.31. The number of imide groups is 1. The van der Waals surface area contributed by atoms with Crippen molar-refractivity contribution in [1.29, 1.82) is 0 Å². The second kappa shape index (κ2) is 6.09. The molecule has 1 aromatic rings. The fourth-order valence-electron chi connectivity index (χ4n) is 5.41. The molecule has 6 rings (SSSR count). The Morgan fingerprint density at radius 3 is 2.29 bits per heavy atom. The van der Waals surface area contributed by atoms with Gasteiger partial charge in [0.1, 0.15) is 18.0 Å². The molecule has 0 spiro atoms. The van der Waals surface area contributed by atoms with Gasteiger partial charge < -0.3 is 14.8 Å². The predicted octanol–water partition coefficient (Wildman–Crippen LogP) is 1.70. The minimum absolute atomic E-state index is 0.159. The maximum Gasteiger partial charge on any atom is 0.244 e. The zero-order valence-corrected chi connectivity index (χ0v) is 15.8. The molecule has 1 saturated heterocycles. The molecule has 1 heterocycles. The molecule has 0 radical (unpaired) electrons. The number of carbonyl (C=O) groups excluding carboxylic acids is 3. The molecule has 7 heteroatoms. The van der Waals surface area contributed by atoms with Crippen LogP contribution >= 0.6 is 0 Å². The van der Waals surface area contributed by atoms with Crippen LogP contribution in [0.2, 0.25) is 0 Å². The van der Waals surface area contributed by atoms with Gasteiger partial charge in [-0.05, 0) is 42.2 Å². The van der Waals surface area contributed by atoms with Crippen LogP contribution in [0, 0.1) is 35.5 Å². The van der Waals surface area contributed by atoms with Crippen LogP contribution in [-0.2, 0) is 14.4 Å². The van der Waals surface area contributed by atoms with Crippen LogP contribution in [0.15, 0.2) is 30.4 Å². The number of allylic oxidation sites excluding steroid dienone is 2. The summed E-state index contributed by atoms with van der Waals surface area (Å²) in [4.78, 5) is 39.6. The molecule has 5 aliphatic rings. The van der Waals surface area contributed by atoms with Gasteiger partial charge in [-0.1, -0.05) is 12.2 Å². The number of likely N-dealkylation sites (tertiary alicyclic amines) is 1. The number of rotatable bonds is 5. The highest BCUT2D eigenvalue weighted by molar-refractivity contribution is 6.09. The van der Waals surface area contributed by atoms with Crippen molar-refractivity contribution < 1.29 is 23.9 Å². The molecular weight excluding hydrogens is 360 g/mol. The monoisotopic (exact) mass is 382 g/mol. The molecular formula is C21H22N2O5. The molecule has 3 amide bonds.